The molecule has 2 aliphatic heterocycles. The summed E-state index contributed by atoms with van der Waals surface area (Å²) < 4.78 is 0. The molecule has 2 aliphatic rings. The molecule has 1 amide bonds. The molecule has 3 rings (SSSR count). The number of fused-ring (bicyclic) bond motifs is 2. The van der Waals surface area contributed by atoms with E-state index in [9.17, 15) is 4.79 Å². The Balaban J connectivity index is 1.53. The summed E-state index contributed by atoms with van der Waals surface area (Å²) in [5, 5.41) is 6.81. The first kappa shape index (κ1) is 14.6. The van der Waals surface area contributed by atoms with Crippen LogP contribution >= 0.6 is 0 Å². The molecule has 21 heavy (non-hydrogen) atoms. The van der Waals surface area contributed by atoms with Crippen molar-refractivity contribution in [1.29, 1.82) is 0 Å². The molecule has 2 saturated heterocycles. The Morgan fingerprint density at radius 3 is 2.62 bits per heavy atom. The van der Waals surface area contributed by atoms with E-state index in [1.54, 1.807) is 0 Å². The van der Waals surface area contributed by atoms with Crippen LogP contribution in [0, 0.1) is 12.8 Å². The Morgan fingerprint density at radius 1 is 1.29 bits per heavy atom. The van der Waals surface area contributed by atoms with Crippen molar-refractivity contribution in [3.05, 3.63) is 35.4 Å². The Morgan fingerprint density at radius 2 is 1.95 bits per heavy atom. The van der Waals surface area contributed by atoms with Gasteiger partial charge in [-0.05, 0) is 56.6 Å². The van der Waals surface area contributed by atoms with Crippen molar-refractivity contribution in [1.82, 2.24) is 10.6 Å². The molecule has 1 aromatic carbocycles. The van der Waals surface area contributed by atoms with Crippen LogP contribution in [0.15, 0.2) is 24.3 Å². The van der Waals surface area contributed by atoms with Crippen LogP contribution in [0.25, 0.3) is 0 Å². The summed E-state index contributed by atoms with van der Waals surface area (Å²) in [4.78, 5) is 12.3. The number of hydrogen-bond donors (Lipinski definition) is 2. The third kappa shape index (κ3) is 3.46. The lowest BCUT2D eigenvalue weighted by Crippen LogP contribution is -2.40. The smallest absolute Gasteiger partial charge is 0.220 e. The fourth-order valence-electron chi connectivity index (χ4n) is 4.05. The third-order valence-electron chi connectivity index (χ3n) is 5.08. The van der Waals surface area contributed by atoms with Crippen molar-refractivity contribution < 1.29 is 4.79 Å². The lowest BCUT2D eigenvalue weighted by molar-refractivity contribution is -0.122. The summed E-state index contributed by atoms with van der Waals surface area (Å²) in [6.45, 7) is 4.18. The highest BCUT2D eigenvalue weighted by Gasteiger charge is 2.34. The van der Waals surface area contributed by atoms with E-state index in [0.717, 1.165) is 0 Å². The van der Waals surface area contributed by atoms with Crippen molar-refractivity contribution >= 4 is 5.91 Å². The molecule has 0 radical (unpaired) electrons. The Kier molecular flexibility index (Phi) is 4.29. The predicted molar refractivity (Wildman–Crippen MR) is 85.0 cm³/mol. The first-order valence-corrected chi connectivity index (χ1v) is 8.22. The normalized spacial score (nSPS) is 29.1. The van der Waals surface area contributed by atoms with Gasteiger partial charge in [-0.25, -0.2) is 0 Å². The van der Waals surface area contributed by atoms with E-state index in [0.29, 0.717) is 24.4 Å². The van der Waals surface area contributed by atoms with Crippen LogP contribution in [0.4, 0.5) is 0 Å². The van der Waals surface area contributed by atoms with Crippen LogP contribution in [0.3, 0.4) is 0 Å². The van der Waals surface area contributed by atoms with E-state index in [-0.39, 0.29) is 11.9 Å². The summed E-state index contributed by atoms with van der Waals surface area (Å²) in [5.41, 5.74) is 2.46. The van der Waals surface area contributed by atoms with Gasteiger partial charge < -0.3 is 10.6 Å². The molecule has 1 aromatic rings. The second kappa shape index (κ2) is 6.18. The molecule has 0 spiro atoms. The number of carbonyl (C=O) groups excluding carboxylic acids is 1. The summed E-state index contributed by atoms with van der Waals surface area (Å²) in [5.74, 6) is 0.768. The fourth-order valence-corrected chi connectivity index (χ4v) is 4.05. The van der Waals surface area contributed by atoms with Crippen molar-refractivity contribution in [3.8, 4) is 0 Å². The highest BCUT2D eigenvalue weighted by molar-refractivity contribution is 5.76. The summed E-state index contributed by atoms with van der Waals surface area (Å²) >= 11 is 0. The second-order valence-electron chi connectivity index (χ2n) is 6.83. The van der Waals surface area contributed by atoms with Gasteiger partial charge in [0.05, 0.1) is 6.04 Å². The number of piperidine rings is 1. The SMILES string of the molecule is Cc1ccccc1[C@@H](C)NC(=O)CC1CC2CCC(C1)N2. The van der Waals surface area contributed by atoms with Crippen LogP contribution in [0.5, 0.6) is 0 Å². The van der Waals surface area contributed by atoms with E-state index in [2.05, 4.69) is 36.6 Å². The maximum absolute atomic E-state index is 12.3. The number of rotatable bonds is 4. The van der Waals surface area contributed by atoms with Crippen molar-refractivity contribution in [2.24, 2.45) is 5.92 Å². The number of carbonyl (C=O) groups is 1. The zero-order valence-corrected chi connectivity index (χ0v) is 13.1. The van der Waals surface area contributed by atoms with Gasteiger partial charge in [0.25, 0.3) is 0 Å². The molecule has 2 fully saturated rings. The number of benzene rings is 1. The molecule has 0 aliphatic carbocycles. The Bertz CT molecular complexity index is 502. The maximum Gasteiger partial charge on any atom is 0.220 e. The molecule has 2 unspecified atom stereocenters. The molecule has 3 nitrogen and oxygen atoms in total. The van der Waals surface area contributed by atoms with Gasteiger partial charge in [0.2, 0.25) is 5.91 Å². The lowest BCUT2D eigenvalue weighted by Gasteiger charge is -2.29. The Hall–Kier alpha value is -1.35. The van der Waals surface area contributed by atoms with Crippen molar-refractivity contribution in [3.63, 3.8) is 0 Å². The van der Waals surface area contributed by atoms with Crippen LogP contribution in [0.2, 0.25) is 0 Å². The second-order valence-corrected chi connectivity index (χ2v) is 6.83. The fraction of sp³-hybridized carbons (Fsp3) is 0.611. The lowest BCUT2D eigenvalue weighted by atomic mass is 9.89. The highest BCUT2D eigenvalue weighted by atomic mass is 16.1. The first-order valence-electron chi connectivity index (χ1n) is 8.22. The summed E-state index contributed by atoms with van der Waals surface area (Å²) in [6, 6.07) is 9.70. The minimum atomic E-state index is 0.0946. The molecule has 0 saturated carbocycles. The van der Waals surface area contributed by atoms with Crippen molar-refractivity contribution in [2.45, 2.75) is 64.1 Å². The monoisotopic (exact) mass is 286 g/mol. The van der Waals surface area contributed by atoms with Gasteiger partial charge in [0.1, 0.15) is 0 Å². The zero-order chi connectivity index (χ0) is 14.8. The standard InChI is InChI=1S/C18H26N2O/c1-12-5-3-4-6-17(12)13(2)19-18(21)11-14-9-15-7-8-16(10-14)20-15/h3-6,13-16,20H,7-11H2,1-2H3,(H,19,21)/t13-,14?,15?,16?/m1/s1. The molecule has 114 valence electrons. The quantitative estimate of drug-likeness (QED) is 0.893. The Labute approximate surface area is 127 Å². The summed E-state index contributed by atoms with van der Waals surface area (Å²) in [7, 11) is 0. The maximum atomic E-state index is 12.3. The topological polar surface area (TPSA) is 41.1 Å². The summed E-state index contributed by atoms with van der Waals surface area (Å²) in [6.07, 6.45) is 5.61. The molecule has 2 heterocycles. The van der Waals surface area contributed by atoms with Gasteiger partial charge in [-0.3, -0.25) is 4.79 Å². The van der Waals surface area contributed by atoms with Crippen LogP contribution < -0.4 is 10.6 Å². The number of hydrogen-bond acceptors (Lipinski definition) is 2. The minimum Gasteiger partial charge on any atom is -0.350 e. The predicted octanol–water partition coefficient (Wildman–Crippen LogP) is 3.09. The van der Waals surface area contributed by atoms with E-state index in [4.69, 9.17) is 0 Å². The molecule has 0 aromatic heterocycles. The average Bonchev–Trinajstić information content (AvgIpc) is 2.78. The number of amides is 1. The first-order chi connectivity index (χ1) is 10.1. The molecular formula is C18H26N2O. The molecule has 2 N–H and O–H groups in total. The number of aryl methyl sites for hydroxylation is 1. The molecule has 2 bridgehead atoms. The van der Waals surface area contributed by atoms with Crippen LogP contribution in [0.1, 0.15) is 56.2 Å². The van der Waals surface area contributed by atoms with Gasteiger partial charge >= 0.3 is 0 Å². The largest absolute Gasteiger partial charge is 0.350 e. The van der Waals surface area contributed by atoms with Crippen LogP contribution in [-0.4, -0.2) is 18.0 Å². The molecular weight excluding hydrogens is 260 g/mol. The van der Waals surface area contributed by atoms with Crippen LogP contribution in [-0.2, 0) is 4.79 Å². The van der Waals surface area contributed by atoms with E-state index in [1.165, 1.54) is 36.8 Å². The van der Waals surface area contributed by atoms with Gasteiger partial charge in [-0.2, -0.15) is 0 Å². The van der Waals surface area contributed by atoms with Gasteiger partial charge in [-0.1, -0.05) is 24.3 Å². The molecule has 3 heteroatoms. The van der Waals surface area contributed by atoms with Gasteiger partial charge in [0.15, 0.2) is 0 Å². The zero-order valence-electron chi connectivity index (χ0n) is 13.1. The van der Waals surface area contributed by atoms with Gasteiger partial charge in [-0.15, -0.1) is 0 Å². The van der Waals surface area contributed by atoms with Crippen molar-refractivity contribution in [2.75, 3.05) is 0 Å². The minimum absolute atomic E-state index is 0.0946. The highest BCUT2D eigenvalue weighted by Crippen LogP contribution is 2.32. The number of nitrogens with one attached hydrogen (secondary N) is 2. The average molecular weight is 286 g/mol. The third-order valence-corrected chi connectivity index (χ3v) is 5.08. The van der Waals surface area contributed by atoms with E-state index in [1.807, 2.05) is 12.1 Å². The van der Waals surface area contributed by atoms with E-state index >= 15 is 0 Å². The van der Waals surface area contributed by atoms with E-state index < -0.39 is 0 Å². The molecule has 3 atom stereocenters. The van der Waals surface area contributed by atoms with Gasteiger partial charge in [0, 0.05) is 18.5 Å².